The second-order valence-electron chi connectivity index (χ2n) is 8.49. The Morgan fingerprint density at radius 3 is 2.47 bits per heavy atom. The fourth-order valence-corrected chi connectivity index (χ4v) is 4.34. The molecule has 6 nitrogen and oxygen atoms in total. The van der Waals surface area contributed by atoms with Crippen molar-refractivity contribution < 1.29 is 9.18 Å². The Kier molecular flexibility index (Phi) is 6.08. The van der Waals surface area contributed by atoms with E-state index in [0.29, 0.717) is 34.5 Å². The smallest absolute Gasteiger partial charge is 0.263 e. The molecule has 1 N–H and O–H groups in total. The van der Waals surface area contributed by atoms with Gasteiger partial charge in [-0.25, -0.2) is 9.37 Å². The van der Waals surface area contributed by atoms with Crippen LogP contribution in [0.25, 0.3) is 10.9 Å². The number of halogens is 1. The molecule has 4 aromatic rings. The van der Waals surface area contributed by atoms with E-state index in [-0.39, 0.29) is 23.8 Å². The van der Waals surface area contributed by atoms with Crippen LogP contribution in [0.2, 0.25) is 0 Å². The molecule has 5 rings (SSSR count). The largest absolute Gasteiger partial charge is 0.348 e. The number of fused-ring (bicyclic) bond motifs is 1. The molecule has 172 valence electrons. The van der Waals surface area contributed by atoms with Crippen molar-refractivity contribution in [1.29, 1.82) is 0 Å². The Morgan fingerprint density at radius 1 is 0.971 bits per heavy atom. The van der Waals surface area contributed by atoms with E-state index in [9.17, 15) is 14.0 Å². The average Bonchev–Trinajstić information content (AvgIpc) is 3.40. The molecular weight excluding hydrogens is 431 g/mol. The number of rotatable bonds is 6. The van der Waals surface area contributed by atoms with Crippen LogP contribution in [0.1, 0.15) is 34.3 Å². The number of amides is 1. The molecule has 0 saturated carbocycles. The van der Waals surface area contributed by atoms with Gasteiger partial charge in [0.2, 0.25) is 5.95 Å². The minimum atomic E-state index is -0.364. The summed E-state index contributed by atoms with van der Waals surface area (Å²) in [5.41, 5.74) is 2.16. The van der Waals surface area contributed by atoms with Gasteiger partial charge in [0.1, 0.15) is 5.82 Å². The summed E-state index contributed by atoms with van der Waals surface area (Å²) in [6, 6.07) is 21.1. The molecule has 1 aliphatic heterocycles. The highest BCUT2D eigenvalue weighted by Gasteiger charge is 2.21. The molecule has 1 saturated heterocycles. The standard InChI is InChI=1S/C27H25FN4O2/c28-23-11-5-4-10-21(23)17-29-25(33)20-12-13-22-24(16-20)30-27(31-14-6-7-15-31)32(26(22)34)18-19-8-2-1-3-9-19/h1-5,8-13,16H,6-7,14-15,17-18H2,(H,29,33). The van der Waals surface area contributed by atoms with E-state index >= 15 is 0 Å². The number of hydrogen-bond donors (Lipinski definition) is 1. The monoisotopic (exact) mass is 456 g/mol. The van der Waals surface area contributed by atoms with E-state index < -0.39 is 0 Å². The maximum Gasteiger partial charge on any atom is 0.263 e. The lowest BCUT2D eigenvalue weighted by Crippen LogP contribution is -2.31. The van der Waals surface area contributed by atoms with Gasteiger partial charge in [-0.2, -0.15) is 0 Å². The number of carbonyl (C=O) groups is 1. The van der Waals surface area contributed by atoms with Gasteiger partial charge in [-0.05, 0) is 42.7 Å². The fraction of sp³-hybridized carbons (Fsp3) is 0.222. The molecule has 1 amide bonds. The van der Waals surface area contributed by atoms with E-state index in [1.165, 1.54) is 6.07 Å². The third-order valence-corrected chi connectivity index (χ3v) is 6.17. The number of carbonyl (C=O) groups excluding carboxylic acids is 1. The lowest BCUT2D eigenvalue weighted by molar-refractivity contribution is 0.0950. The van der Waals surface area contributed by atoms with Crippen molar-refractivity contribution in [3.8, 4) is 0 Å². The van der Waals surface area contributed by atoms with Crippen molar-refractivity contribution in [3.63, 3.8) is 0 Å². The van der Waals surface area contributed by atoms with E-state index in [4.69, 9.17) is 4.98 Å². The molecule has 7 heteroatoms. The van der Waals surface area contributed by atoms with Crippen LogP contribution in [0, 0.1) is 5.82 Å². The molecular formula is C27H25FN4O2. The molecule has 0 unspecified atom stereocenters. The van der Waals surface area contributed by atoms with E-state index in [1.54, 1.807) is 41.0 Å². The van der Waals surface area contributed by atoms with E-state index in [2.05, 4.69) is 10.2 Å². The highest BCUT2D eigenvalue weighted by Crippen LogP contribution is 2.21. The summed E-state index contributed by atoms with van der Waals surface area (Å²) in [4.78, 5) is 33.2. The van der Waals surface area contributed by atoms with Gasteiger partial charge < -0.3 is 10.2 Å². The first kappa shape index (κ1) is 21.8. The maximum atomic E-state index is 13.9. The highest BCUT2D eigenvalue weighted by molar-refractivity contribution is 5.97. The van der Waals surface area contributed by atoms with Crippen LogP contribution in [0.4, 0.5) is 10.3 Å². The van der Waals surface area contributed by atoms with Crippen molar-refractivity contribution in [2.24, 2.45) is 0 Å². The van der Waals surface area contributed by atoms with Gasteiger partial charge in [0.15, 0.2) is 0 Å². The van der Waals surface area contributed by atoms with Gasteiger partial charge in [0.05, 0.1) is 17.4 Å². The lowest BCUT2D eigenvalue weighted by atomic mass is 10.1. The summed E-state index contributed by atoms with van der Waals surface area (Å²) in [7, 11) is 0. The average molecular weight is 457 g/mol. The summed E-state index contributed by atoms with van der Waals surface area (Å²) in [5.74, 6) is -0.0805. The first-order valence-electron chi connectivity index (χ1n) is 11.5. The lowest BCUT2D eigenvalue weighted by Gasteiger charge is -2.22. The van der Waals surface area contributed by atoms with Crippen molar-refractivity contribution in [2.75, 3.05) is 18.0 Å². The van der Waals surface area contributed by atoms with Gasteiger partial charge in [0, 0.05) is 30.8 Å². The number of nitrogens with one attached hydrogen (secondary N) is 1. The molecule has 0 bridgehead atoms. The molecule has 1 aliphatic rings. The number of benzene rings is 3. The van der Waals surface area contributed by atoms with Crippen LogP contribution in [0.3, 0.4) is 0 Å². The molecule has 0 spiro atoms. The van der Waals surface area contributed by atoms with Gasteiger partial charge >= 0.3 is 0 Å². The second kappa shape index (κ2) is 9.47. The number of hydrogen-bond acceptors (Lipinski definition) is 4. The van der Waals surface area contributed by atoms with Gasteiger partial charge in [-0.3, -0.25) is 14.2 Å². The Morgan fingerprint density at radius 2 is 1.71 bits per heavy atom. The van der Waals surface area contributed by atoms with Gasteiger partial charge in [0.25, 0.3) is 11.5 Å². The summed E-state index contributed by atoms with van der Waals surface area (Å²) >= 11 is 0. The van der Waals surface area contributed by atoms with Crippen molar-refractivity contribution in [2.45, 2.75) is 25.9 Å². The zero-order chi connectivity index (χ0) is 23.5. The molecule has 0 radical (unpaired) electrons. The molecule has 2 heterocycles. The summed E-state index contributed by atoms with van der Waals surface area (Å²) < 4.78 is 15.6. The Bertz CT molecular complexity index is 1400. The first-order valence-corrected chi connectivity index (χ1v) is 11.5. The fourth-order valence-electron chi connectivity index (χ4n) is 4.34. The number of aromatic nitrogens is 2. The van der Waals surface area contributed by atoms with Crippen molar-refractivity contribution in [1.82, 2.24) is 14.9 Å². The minimum absolute atomic E-state index is 0.0780. The SMILES string of the molecule is O=C(NCc1ccccc1F)c1ccc2c(=O)n(Cc3ccccc3)c(N3CCCC3)nc2c1. The summed E-state index contributed by atoms with van der Waals surface area (Å²) in [6.45, 7) is 2.19. The van der Waals surface area contributed by atoms with Crippen LogP contribution in [-0.2, 0) is 13.1 Å². The first-order chi connectivity index (χ1) is 16.6. The highest BCUT2D eigenvalue weighted by atomic mass is 19.1. The maximum absolute atomic E-state index is 13.9. The molecule has 1 aromatic heterocycles. The third-order valence-electron chi connectivity index (χ3n) is 6.17. The molecule has 3 aromatic carbocycles. The molecule has 1 fully saturated rings. The quantitative estimate of drug-likeness (QED) is 0.474. The summed E-state index contributed by atoms with van der Waals surface area (Å²) in [5, 5.41) is 3.21. The molecule has 34 heavy (non-hydrogen) atoms. The predicted molar refractivity (Wildman–Crippen MR) is 131 cm³/mol. The minimum Gasteiger partial charge on any atom is -0.348 e. The number of anilines is 1. The Labute approximate surface area is 196 Å². The normalized spacial score (nSPS) is 13.4. The van der Waals surface area contributed by atoms with Crippen LogP contribution in [0.15, 0.2) is 77.6 Å². The Hall–Kier alpha value is -4.00. The van der Waals surface area contributed by atoms with Crippen molar-refractivity contribution in [3.05, 3.63) is 106 Å². The predicted octanol–water partition coefficient (Wildman–Crippen LogP) is 4.11. The topological polar surface area (TPSA) is 67.2 Å². The van der Waals surface area contributed by atoms with Crippen LogP contribution >= 0.6 is 0 Å². The zero-order valence-electron chi connectivity index (χ0n) is 18.7. The second-order valence-corrected chi connectivity index (χ2v) is 8.49. The van der Waals surface area contributed by atoms with Gasteiger partial charge in [-0.1, -0.05) is 48.5 Å². The van der Waals surface area contributed by atoms with Crippen LogP contribution < -0.4 is 15.8 Å². The third kappa shape index (κ3) is 4.41. The van der Waals surface area contributed by atoms with Crippen LogP contribution in [-0.4, -0.2) is 28.5 Å². The van der Waals surface area contributed by atoms with Gasteiger partial charge in [-0.15, -0.1) is 0 Å². The summed E-state index contributed by atoms with van der Waals surface area (Å²) in [6.07, 6.45) is 2.11. The van der Waals surface area contributed by atoms with E-state index in [1.807, 2.05) is 30.3 Å². The zero-order valence-corrected chi connectivity index (χ0v) is 18.7. The van der Waals surface area contributed by atoms with Crippen molar-refractivity contribution >= 4 is 22.8 Å². The molecule has 0 atom stereocenters. The van der Waals surface area contributed by atoms with E-state index in [0.717, 1.165) is 31.5 Å². The molecule has 0 aliphatic carbocycles. The Balaban J connectivity index is 1.49. The van der Waals surface area contributed by atoms with Crippen LogP contribution in [0.5, 0.6) is 0 Å². The number of nitrogens with zero attached hydrogens (tertiary/aromatic N) is 3.